The second kappa shape index (κ2) is 7.90. The SMILES string of the molecule is CC(=O)[C@H]1CCCC[C@H]1C(=O)N(N)CCN1CCCCC1. The van der Waals surface area contributed by atoms with E-state index in [4.69, 9.17) is 5.84 Å². The second-order valence-corrected chi connectivity index (χ2v) is 6.54. The van der Waals surface area contributed by atoms with Crippen molar-refractivity contribution in [1.82, 2.24) is 9.91 Å². The summed E-state index contributed by atoms with van der Waals surface area (Å²) in [5, 5.41) is 1.36. The van der Waals surface area contributed by atoms with Crippen LogP contribution in [0, 0.1) is 11.8 Å². The predicted octanol–water partition coefficient (Wildman–Crippen LogP) is 1.57. The van der Waals surface area contributed by atoms with Crippen LogP contribution < -0.4 is 5.84 Å². The number of likely N-dealkylation sites (tertiary alicyclic amines) is 1. The van der Waals surface area contributed by atoms with Gasteiger partial charge in [-0.05, 0) is 45.7 Å². The number of Topliss-reactive ketones (excluding diaryl/α,β-unsaturated/α-hetero) is 1. The molecule has 1 saturated carbocycles. The second-order valence-electron chi connectivity index (χ2n) is 6.54. The quantitative estimate of drug-likeness (QED) is 0.475. The van der Waals surface area contributed by atoms with Gasteiger partial charge in [0.05, 0.1) is 0 Å². The standard InChI is InChI=1S/C16H29N3O2/c1-13(20)14-7-3-4-8-15(14)16(21)19(17)12-11-18-9-5-2-6-10-18/h14-15H,2-12,17H2,1H3/t14-,15-/m1/s1. The lowest BCUT2D eigenvalue weighted by atomic mass is 9.76. The van der Waals surface area contributed by atoms with Crippen molar-refractivity contribution in [3.63, 3.8) is 0 Å². The molecule has 0 bridgehead atoms. The first-order valence-corrected chi connectivity index (χ1v) is 8.38. The molecule has 0 unspecified atom stereocenters. The molecule has 1 saturated heterocycles. The third kappa shape index (κ3) is 4.51. The van der Waals surface area contributed by atoms with Gasteiger partial charge in [0, 0.05) is 24.9 Å². The van der Waals surface area contributed by atoms with Crippen LogP contribution in [0.3, 0.4) is 0 Å². The summed E-state index contributed by atoms with van der Waals surface area (Å²) in [7, 11) is 0. The molecule has 1 heterocycles. The number of hydrogen-bond acceptors (Lipinski definition) is 4. The molecule has 2 rings (SSSR count). The fraction of sp³-hybridized carbons (Fsp3) is 0.875. The average Bonchev–Trinajstić information content (AvgIpc) is 2.52. The summed E-state index contributed by atoms with van der Waals surface area (Å²) in [6, 6.07) is 0. The lowest BCUT2D eigenvalue weighted by molar-refractivity contribution is -0.143. The molecule has 120 valence electrons. The Morgan fingerprint density at radius 3 is 2.29 bits per heavy atom. The van der Waals surface area contributed by atoms with E-state index in [2.05, 4.69) is 4.90 Å². The van der Waals surface area contributed by atoms with E-state index in [-0.39, 0.29) is 23.5 Å². The Morgan fingerprint density at radius 1 is 1.05 bits per heavy atom. The van der Waals surface area contributed by atoms with Crippen molar-refractivity contribution >= 4 is 11.7 Å². The highest BCUT2D eigenvalue weighted by atomic mass is 16.2. The highest BCUT2D eigenvalue weighted by Crippen LogP contribution is 2.31. The number of hydrazine groups is 1. The van der Waals surface area contributed by atoms with Crippen molar-refractivity contribution in [1.29, 1.82) is 0 Å². The summed E-state index contributed by atoms with van der Waals surface area (Å²) in [5.74, 6) is 5.76. The van der Waals surface area contributed by atoms with Gasteiger partial charge in [-0.25, -0.2) is 5.84 Å². The van der Waals surface area contributed by atoms with Crippen LogP contribution in [0.5, 0.6) is 0 Å². The van der Waals surface area contributed by atoms with E-state index in [1.54, 1.807) is 6.92 Å². The number of carbonyl (C=O) groups is 2. The lowest BCUT2D eigenvalue weighted by Crippen LogP contribution is -2.49. The van der Waals surface area contributed by atoms with Crippen molar-refractivity contribution in [2.75, 3.05) is 26.2 Å². The van der Waals surface area contributed by atoms with Gasteiger partial charge in [-0.2, -0.15) is 0 Å². The minimum absolute atomic E-state index is 0.0353. The minimum Gasteiger partial charge on any atom is -0.302 e. The fourth-order valence-electron chi connectivity index (χ4n) is 3.67. The van der Waals surface area contributed by atoms with Gasteiger partial charge in [-0.3, -0.25) is 14.6 Å². The Labute approximate surface area is 127 Å². The molecule has 5 nitrogen and oxygen atoms in total. The lowest BCUT2D eigenvalue weighted by Gasteiger charge is -2.33. The molecule has 2 aliphatic rings. The zero-order valence-corrected chi connectivity index (χ0v) is 13.2. The van der Waals surface area contributed by atoms with Gasteiger partial charge in [0.2, 0.25) is 5.91 Å². The molecule has 2 fully saturated rings. The van der Waals surface area contributed by atoms with E-state index in [0.717, 1.165) is 45.3 Å². The van der Waals surface area contributed by atoms with Gasteiger partial charge in [0.15, 0.2) is 0 Å². The van der Waals surface area contributed by atoms with Crippen molar-refractivity contribution in [3.8, 4) is 0 Å². The normalized spacial score (nSPS) is 27.3. The van der Waals surface area contributed by atoms with E-state index in [9.17, 15) is 9.59 Å². The van der Waals surface area contributed by atoms with Crippen molar-refractivity contribution in [3.05, 3.63) is 0 Å². The average molecular weight is 295 g/mol. The first kappa shape index (κ1) is 16.4. The largest absolute Gasteiger partial charge is 0.302 e. The Hall–Kier alpha value is -0.940. The van der Waals surface area contributed by atoms with Crippen LogP contribution in [-0.4, -0.2) is 47.8 Å². The first-order valence-electron chi connectivity index (χ1n) is 8.38. The van der Waals surface area contributed by atoms with E-state index < -0.39 is 0 Å². The van der Waals surface area contributed by atoms with Gasteiger partial charge in [-0.1, -0.05) is 19.3 Å². The van der Waals surface area contributed by atoms with Crippen molar-refractivity contribution < 1.29 is 9.59 Å². The molecule has 0 spiro atoms. The summed E-state index contributed by atoms with van der Waals surface area (Å²) in [5.41, 5.74) is 0. The number of hydrogen-bond donors (Lipinski definition) is 1. The Morgan fingerprint density at radius 2 is 1.67 bits per heavy atom. The Balaban J connectivity index is 1.83. The summed E-state index contributed by atoms with van der Waals surface area (Å²) >= 11 is 0. The van der Waals surface area contributed by atoms with Gasteiger partial charge >= 0.3 is 0 Å². The Kier molecular flexibility index (Phi) is 6.18. The molecule has 5 heteroatoms. The van der Waals surface area contributed by atoms with Crippen molar-refractivity contribution in [2.45, 2.75) is 51.9 Å². The third-order valence-corrected chi connectivity index (χ3v) is 4.99. The highest BCUT2D eigenvalue weighted by Gasteiger charge is 2.35. The molecule has 1 amide bonds. The van der Waals surface area contributed by atoms with Crippen LogP contribution in [0.25, 0.3) is 0 Å². The molecule has 1 aliphatic heterocycles. The highest BCUT2D eigenvalue weighted by molar-refractivity contribution is 5.87. The number of carbonyl (C=O) groups excluding carboxylic acids is 2. The first-order chi connectivity index (χ1) is 10.1. The van der Waals surface area contributed by atoms with Crippen LogP contribution in [0.1, 0.15) is 51.9 Å². The Bertz CT molecular complexity index is 367. The molecule has 0 aromatic rings. The van der Waals surface area contributed by atoms with Crippen molar-refractivity contribution in [2.24, 2.45) is 17.7 Å². The summed E-state index contributed by atoms with van der Waals surface area (Å²) in [6.07, 6.45) is 7.52. The monoisotopic (exact) mass is 295 g/mol. The van der Waals surface area contributed by atoms with Crippen LogP contribution in [0.2, 0.25) is 0 Å². The van der Waals surface area contributed by atoms with E-state index in [1.807, 2.05) is 0 Å². The van der Waals surface area contributed by atoms with Gasteiger partial charge in [0.1, 0.15) is 5.78 Å². The van der Waals surface area contributed by atoms with E-state index >= 15 is 0 Å². The summed E-state index contributed by atoms with van der Waals surface area (Å²) < 4.78 is 0. The molecular formula is C16H29N3O2. The van der Waals surface area contributed by atoms with Crippen LogP contribution >= 0.6 is 0 Å². The molecule has 0 aromatic carbocycles. The number of ketones is 1. The van der Waals surface area contributed by atoms with Gasteiger partial charge in [-0.15, -0.1) is 0 Å². The number of nitrogens with two attached hydrogens (primary N) is 1. The molecule has 1 aliphatic carbocycles. The predicted molar refractivity (Wildman–Crippen MR) is 82.3 cm³/mol. The molecule has 0 aromatic heterocycles. The number of piperidine rings is 1. The van der Waals surface area contributed by atoms with E-state index in [0.29, 0.717) is 6.54 Å². The third-order valence-electron chi connectivity index (χ3n) is 4.99. The maximum Gasteiger partial charge on any atom is 0.240 e. The topological polar surface area (TPSA) is 66.6 Å². The maximum atomic E-state index is 12.5. The van der Waals surface area contributed by atoms with Gasteiger partial charge < -0.3 is 4.90 Å². The fourth-order valence-corrected chi connectivity index (χ4v) is 3.67. The van der Waals surface area contributed by atoms with E-state index in [1.165, 1.54) is 24.3 Å². The smallest absolute Gasteiger partial charge is 0.240 e. The zero-order chi connectivity index (χ0) is 15.2. The number of nitrogens with zero attached hydrogens (tertiary/aromatic N) is 2. The van der Waals surface area contributed by atoms with Crippen LogP contribution in [0.4, 0.5) is 0 Å². The molecular weight excluding hydrogens is 266 g/mol. The minimum atomic E-state index is -0.192. The molecule has 0 radical (unpaired) electrons. The van der Waals surface area contributed by atoms with Gasteiger partial charge in [0.25, 0.3) is 0 Å². The molecule has 2 N–H and O–H groups in total. The molecule has 2 atom stereocenters. The van der Waals surface area contributed by atoms with Crippen LogP contribution in [0.15, 0.2) is 0 Å². The summed E-state index contributed by atoms with van der Waals surface area (Å²) in [6.45, 7) is 5.24. The number of amides is 1. The maximum absolute atomic E-state index is 12.5. The zero-order valence-electron chi connectivity index (χ0n) is 13.2. The number of rotatable bonds is 5. The molecule has 21 heavy (non-hydrogen) atoms. The summed E-state index contributed by atoms with van der Waals surface area (Å²) in [4.78, 5) is 26.6. The van der Waals surface area contributed by atoms with Crippen LogP contribution in [-0.2, 0) is 9.59 Å².